The van der Waals surface area contributed by atoms with Gasteiger partial charge in [-0.2, -0.15) is 0 Å². The minimum Gasteiger partial charge on any atom is -0.374 e. The highest BCUT2D eigenvalue weighted by atomic mass is 28.4. The molecule has 0 atom stereocenters. The van der Waals surface area contributed by atoms with Crippen molar-refractivity contribution in [2.24, 2.45) is 0 Å². The first-order chi connectivity index (χ1) is 11.2. The standard InChI is InChI=1S/C18H40NO3Si/c1-5-9-10-14-19(15-11-12-16-19)17-13-18-23(20-6-2,21-7-3)22-8-4/h5-18H2,1-4H3/q+1. The van der Waals surface area contributed by atoms with E-state index >= 15 is 0 Å². The summed E-state index contributed by atoms with van der Waals surface area (Å²) in [5.41, 5.74) is 0. The van der Waals surface area contributed by atoms with Crippen LogP contribution in [0.4, 0.5) is 0 Å². The summed E-state index contributed by atoms with van der Waals surface area (Å²) in [4.78, 5) is 0. The van der Waals surface area contributed by atoms with Crippen molar-refractivity contribution in [3.05, 3.63) is 0 Å². The van der Waals surface area contributed by atoms with E-state index in [-0.39, 0.29) is 0 Å². The first-order valence-electron chi connectivity index (χ1n) is 9.93. The predicted molar refractivity (Wildman–Crippen MR) is 98.5 cm³/mol. The van der Waals surface area contributed by atoms with Crippen LogP contribution in [0.25, 0.3) is 0 Å². The Morgan fingerprint density at radius 1 is 0.739 bits per heavy atom. The zero-order chi connectivity index (χ0) is 17.0. The van der Waals surface area contributed by atoms with Crippen LogP contribution in [0.3, 0.4) is 0 Å². The van der Waals surface area contributed by atoms with Crippen molar-refractivity contribution >= 4 is 8.80 Å². The van der Waals surface area contributed by atoms with Crippen LogP contribution >= 0.6 is 0 Å². The van der Waals surface area contributed by atoms with Crippen LogP contribution in [0.5, 0.6) is 0 Å². The second kappa shape index (κ2) is 11.6. The Balaban J connectivity index is 2.53. The molecule has 5 heteroatoms. The molecule has 1 aliphatic rings. The summed E-state index contributed by atoms with van der Waals surface area (Å²) in [6.45, 7) is 15.8. The van der Waals surface area contributed by atoms with E-state index in [4.69, 9.17) is 13.3 Å². The maximum atomic E-state index is 5.99. The molecule has 0 aromatic carbocycles. The van der Waals surface area contributed by atoms with Crippen molar-refractivity contribution in [1.82, 2.24) is 0 Å². The molecule has 1 saturated heterocycles. The van der Waals surface area contributed by atoms with E-state index in [1.807, 2.05) is 20.8 Å². The molecule has 0 spiro atoms. The number of hydrogen-bond acceptors (Lipinski definition) is 3. The second-order valence-electron chi connectivity index (χ2n) is 6.74. The van der Waals surface area contributed by atoms with Crippen LogP contribution in [0.1, 0.15) is 66.2 Å². The summed E-state index contributed by atoms with van der Waals surface area (Å²) in [6.07, 6.45) is 8.03. The van der Waals surface area contributed by atoms with Gasteiger partial charge in [-0.25, -0.2) is 0 Å². The molecule has 0 amide bonds. The lowest BCUT2D eigenvalue weighted by Crippen LogP contribution is -2.49. The van der Waals surface area contributed by atoms with Gasteiger partial charge >= 0.3 is 8.80 Å². The molecular weight excluding hydrogens is 306 g/mol. The van der Waals surface area contributed by atoms with Crippen molar-refractivity contribution in [3.8, 4) is 0 Å². The maximum absolute atomic E-state index is 5.99. The summed E-state index contributed by atoms with van der Waals surface area (Å²) in [7, 11) is -2.45. The quantitative estimate of drug-likeness (QED) is 0.268. The van der Waals surface area contributed by atoms with Gasteiger partial charge in [0.2, 0.25) is 0 Å². The molecule has 0 aromatic rings. The van der Waals surface area contributed by atoms with Crippen molar-refractivity contribution < 1.29 is 17.8 Å². The lowest BCUT2D eigenvalue weighted by molar-refractivity contribution is -0.917. The summed E-state index contributed by atoms with van der Waals surface area (Å²) < 4.78 is 19.3. The Kier molecular flexibility index (Phi) is 10.6. The highest BCUT2D eigenvalue weighted by molar-refractivity contribution is 6.60. The third-order valence-electron chi connectivity index (χ3n) is 4.96. The number of likely N-dealkylation sites (tertiary alicyclic amines) is 1. The summed E-state index contributed by atoms with van der Waals surface area (Å²) in [5, 5.41) is 0. The van der Waals surface area contributed by atoms with E-state index in [0.29, 0.717) is 19.8 Å². The van der Waals surface area contributed by atoms with Crippen LogP contribution in [-0.4, -0.2) is 59.3 Å². The van der Waals surface area contributed by atoms with E-state index in [1.165, 1.54) is 69.2 Å². The van der Waals surface area contributed by atoms with Crippen molar-refractivity contribution in [2.45, 2.75) is 72.3 Å². The average molecular weight is 347 g/mol. The normalized spacial score (nSPS) is 17.7. The number of quaternary nitrogens is 1. The molecule has 23 heavy (non-hydrogen) atoms. The minimum atomic E-state index is -2.45. The van der Waals surface area contributed by atoms with Crippen LogP contribution in [0, 0.1) is 0 Å². The number of unbranched alkanes of at least 4 members (excludes halogenated alkanes) is 2. The SMILES string of the molecule is CCCCC[N+]1(CCC[Si](OCC)(OCC)OCC)CCCC1. The number of nitrogens with zero attached hydrogens (tertiary/aromatic N) is 1. The fourth-order valence-corrected chi connectivity index (χ4v) is 6.49. The van der Waals surface area contributed by atoms with E-state index in [9.17, 15) is 0 Å². The Morgan fingerprint density at radius 2 is 1.26 bits per heavy atom. The van der Waals surface area contributed by atoms with Gasteiger partial charge in [0.25, 0.3) is 0 Å². The second-order valence-corrected chi connectivity index (χ2v) is 9.47. The van der Waals surface area contributed by atoms with Crippen molar-refractivity contribution in [1.29, 1.82) is 0 Å². The third-order valence-corrected chi connectivity index (χ3v) is 8.11. The molecule has 138 valence electrons. The number of rotatable bonds is 14. The Hall–Kier alpha value is 0.0569. The van der Waals surface area contributed by atoms with Crippen molar-refractivity contribution in [3.63, 3.8) is 0 Å². The van der Waals surface area contributed by atoms with Gasteiger partial charge in [-0.15, -0.1) is 0 Å². The Labute approximate surface area is 145 Å². The van der Waals surface area contributed by atoms with E-state index in [0.717, 1.165) is 6.04 Å². The largest absolute Gasteiger partial charge is 0.501 e. The summed E-state index contributed by atoms with van der Waals surface area (Å²) in [5.74, 6) is 0. The maximum Gasteiger partial charge on any atom is 0.501 e. The zero-order valence-electron chi connectivity index (χ0n) is 16.1. The van der Waals surface area contributed by atoms with E-state index in [2.05, 4.69) is 6.92 Å². The lowest BCUT2D eigenvalue weighted by atomic mass is 10.2. The Morgan fingerprint density at radius 3 is 1.74 bits per heavy atom. The number of hydrogen-bond donors (Lipinski definition) is 0. The summed E-state index contributed by atoms with van der Waals surface area (Å²) >= 11 is 0. The zero-order valence-corrected chi connectivity index (χ0v) is 17.1. The van der Waals surface area contributed by atoms with Gasteiger partial charge in [-0.3, -0.25) is 0 Å². The molecule has 1 rings (SSSR count). The highest BCUT2D eigenvalue weighted by Gasteiger charge is 2.41. The molecule has 0 N–H and O–H groups in total. The lowest BCUT2D eigenvalue weighted by Gasteiger charge is -2.36. The van der Waals surface area contributed by atoms with Crippen molar-refractivity contribution in [2.75, 3.05) is 46.0 Å². The molecule has 4 nitrogen and oxygen atoms in total. The molecule has 0 bridgehead atoms. The van der Waals surface area contributed by atoms with Crippen LogP contribution in [0.2, 0.25) is 6.04 Å². The van der Waals surface area contributed by atoms with Gasteiger partial charge < -0.3 is 17.8 Å². The predicted octanol–water partition coefficient (Wildman–Crippen LogP) is 4.23. The smallest absolute Gasteiger partial charge is 0.374 e. The molecule has 1 heterocycles. The molecule has 0 saturated carbocycles. The first-order valence-corrected chi connectivity index (χ1v) is 11.9. The monoisotopic (exact) mass is 346 g/mol. The van der Waals surface area contributed by atoms with Gasteiger partial charge in [-0.05, 0) is 33.6 Å². The first kappa shape index (κ1) is 21.1. The van der Waals surface area contributed by atoms with Crippen LogP contribution in [0.15, 0.2) is 0 Å². The molecule has 1 aliphatic heterocycles. The van der Waals surface area contributed by atoms with E-state index < -0.39 is 8.80 Å². The summed E-state index contributed by atoms with van der Waals surface area (Å²) in [6, 6.07) is 0.969. The highest BCUT2D eigenvalue weighted by Crippen LogP contribution is 2.25. The minimum absolute atomic E-state index is 0.683. The Bertz CT molecular complexity index is 279. The molecule has 1 fully saturated rings. The van der Waals surface area contributed by atoms with Crippen LogP contribution < -0.4 is 0 Å². The van der Waals surface area contributed by atoms with E-state index in [1.54, 1.807) is 0 Å². The molecule has 0 aliphatic carbocycles. The molecular formula is C18H40NO3Si+. The van der Waals surface area contributed by atoms with Gasteiger partial charge in [-0.1, -0.05) is 13.3 Å². The third kappa shape index (κ3) is 7.22. The fraction of sp³-hybridized carbons (Fsp3) is 1.00. The van der Waals surface area contributed by atoms with Gasteiger partial charge in [0, 0.05) is 45.1 Å². The molecule has 0 radical (unpaired) electrons. The fourth-order valence-electron chi connectivity index (χ4n) is 3.89. The molecule has 0 aromatic heterocycles. The van der Waals surface area contributed by atoms with Gasteiger partial charge in [0.05, 0.1) is 26.2 Å². The van der Waals surface area contributed by atoms with Gasteiger partial charge in [0.1, 0.15) is 0 Å². The average Bonchev–Trinajstić information content (AvgIpc) is 2.97. The van der Waals surface area contributed by atoms with Gasteiger partial charge in [0.15, 0.2) is 0 Å². The molecule has 0 unspecified atom stereocenters. The van der Waals surface area contributed by atoms with Crippen LogP contribution in [-0.2, 0) is 13.3 Å². The topological polar surface area (TPSA) is 27.7 Å².